The van der Waals surface area contributed by atoms with E-state index in [2.05, 4.69) is 36.5 Å². The summed E-state index contributed by atoms with van der Waals surface area (Å²) in [6, 6.07) is 8.29. The Morgan fingerprint density at radius 2 is 1.46 bits per heavy atom. The van der Waals surface area contributed by atoms with Crippen molar-refractivity contribution >= 4 is 12.4 Å². The molecule has 0 saturated carbocycles. The van der Waals surface area contributed by atoms with E-state index in [0.717, 1.165) is 25.7 Å². The van der Waals surface area contributed by atoms with Gasteiger partial charge in [0.15, 0.2) is 0 Å². The molecular weight excluding hydrogens is 326 g/mol. The zero-order valence-corrected chi connectivity index (χ0v) is 15.3. The van der Waals surface area contributed by atoms with Gasteiger partial charge >= 0.3 is 0 Å². The van der Waals surface area contributed by atoms with E-state index in [1.165, 1.54) is 30.4 Å². The highest BCUT2D eigenvalue weighted by molar-refractivity contribution is 5.85. The molecule has 4 N–H and O–H groups in total. The van der Waals surface area contributed by atoms with E-state index < -0.39 is 12.2 Å². The molecule has 5 heteroatoms. The lowest BCUT2D eigenvalue weighted by Crippen LogP contribution is -2.36. The first kappa shape index (κ1) is 21.4. The lowest BCUT2D eigenvalue weighted by atomic mass is 10.0. The van der Waals surface area contributed by atoms with Crippen LogP contribution >= 0.6 is 12.4 Å². The van der Waals surface area contributed by atoms with Crippen LogP contribution in [0.1, 0.15) is 49.7 Å². The quantitative estimate of drug-likeness (QED) is 0.512. The molecule has 24 heavy (non-hydrogen) atoms. The molecule has 1 fully saturated rings. The third-order valence-electron chi connectivity index (χ3n) is 4.90. The lowest BCUT2D eigenvalue weighted by Gasteiger charge is -2.15. The van der Waals surface area contributed by atoms with Gasteiger partial charge in [-0.1, -0.05) is 55.5 Å². The van der Waals surface area contributed by atoms with Gasteiger partial charge in [0, 0.05) is 6.04 Å². The van der Waals surface area contributed by atoms with E-state index in [1.807, 2.05) is 0 Å². The number of nitrogens with one attached hydrogen (secondary N) is 1. The topological polar surface area (TPSA) is 72.7 Å². The molecule has 0 aliphatic carbocycles. The van der Waals surface area contributed by atoms with Gasteiger partial charge in [-0.3, -0.25) is 0 Å². The molecule has 0 unspecified atom stereocenters. The van der Waals surface area contributed by atoms with Gasteiger partial charge in [0.05, 0.1) is 24.9 Å². The van der Waals surface area contributed by atoms with E-state index in [1.54, 1.807) is 0 Å². The normalized spacial score (nSPS) is 26.3. The molecule has 0 radical (unpaired) electrons. The van der Waals surface area contributed by atoms with Gasteiger partial charge in [-0.05, 0) is 31.7 Å². The van der Waals surface area contributed by atoms with Crippen LogP contribution in [0.4, 0.5) is 0 Å². The van der Waals surface area contributed by atoms with Crippen molar-refractivity contribution in [3.05, 3.63) is 35.4 Å². The maximum atomic E-state index is 9.92. The molecular formula is C19H32ClNO3. The summed E-state index contributed by atoms with van der Waals surface area (Å²) in [5, 5.41) is 31.9. The van der Waals surface area contributed by atoms with Crippen LogP contribution in [0.3, 0.4) is 0 Å². The summed E-state index contributed by atoms with van der Waals surface area (Å²) in [4.78, 5) is 0. The highest BCUT2D eigenvalue weighted by Crippen LogP contribution is 2.19. The molecule has 1 heterocycles. The van der Waals surface area contributed by atoms with Crippen LogP contribution in [0, 0.1) is 6.92 Å². The zero-order valence-electron chi connectivity index (χ0n) is 14.5. The predicted molar refractivity (Wildman–Crippen MR) is 99.6 cm³/mol. The SMILES string of the molecule is Cc1ccc(CCCCCCC[C@H]2N[C@H](CO)[C@@H](O)[C@@H]2O)cc1.Cl. The molecule has 138 valence electrons. The first-order chi connectivity index (χ1) is 11.1. The molecule has 0 bridgehead atoms. The van der Waals surface area contributed by atoms with Crippen molar-refractivity contribution in [2.24, 2.45) is 0 Å². The summed E-state index contributed by atoms with van der Waals surface area (Å²) in [6.45, 7) is 1.98. The predicted octanol–water partition coefficient (Wildman–Crippen LogP) is 2.35. The average Bonchev–Trinajstić information content (AvgIpc) is 2.83. The summed E-state index contributed by atoms with van der Waals surface area (Å²) in [5.74, 6) is 0. The van der Waals surface area contributed by atoms with Gasteiger partial charge in [-0.25, -0.2) is 0 Å². The number of halogens is 1. The van der Waals surface area contributed by atoms with Crippen LogP contribution in [-0.4, -0.2) is 46.2 Å². The van der Waals surface area contributed by atoms with Crippen LogP contribution in [0.5, 0.6) is 0 Å². The minimum atomic E-state index is -0.848. The molecule has 0 amide bonds. The Morgan fingerprint density at radius 1 is 0.875 bits per heavy atom. The summed E-state index contributed by atoms with van der Waals surface area (Å²) >= 11 is 0. The highest BCUT2D eigenvalue weighted by Gasteiger charge is 2.39. The summed E-state index contributed by atoms with van der Waals surface area (Å²) in [7, 11) is 0. The lowest BCUT2D eigenvalue weighted by molar-refractivity contribution is 0.0186. The number of aliphatic hydroxyl groups is 3. The van der Waals surface area contributed by atoms with Crippen LogP contribution in [0.15, 0.2) is 24.3 Å². The van der Waals surface area contributed by atoms with Crippen molar-refractivity contribution in [1.82, 2.24) is 5.32 Å². The number of unbranched alkanes of at least 4 members (excludes halogenated alkanes) is 4. The van der Waals surface area contributed by atoms with Gasteiger partial charge in [-0.15, -0.1) is 12.4 Å². The van der Waals surface area contributed by atoms with Gasteiger partial charge < -0.3 is 20.6 Å². The third-order valence-corrected chi connectivity index (χ3v) is 4.90. The molecule has 4 atom stereocenters. The smallest absolute Gasteiger partial charge is 0.0989 e. The Hall–Kier alpha value is -0.650. The van der Waals surface area contributed by atoms with Gasteiger partial charge in [0.2, 0.25) is 0 Å². The maximum Gasteiger partial charge on any atom is 0.0989 e. The van der Waals surface area contributed by atoms with Crippen molar-refractivity contribution in [2.45, 2.75) is 76.2 Å². The van der Waals surface area contributed by atoms with Crippen molar-refractivity contribution in [3.63, 3.8) is 0 Å². The fourth-order valence-corrected chi connectivity index (χ4v) is 3.34. The number of benzene rings is 1. The Morgan fingerprint density at radius 3 is 2.08 bits per heavy atom. The molecule has 1 saturated heterocycles. The highest BCUT2D eigenvalue weighted by atomic mass is 35.5. The number of hydrogen-bond acceptors (Lipinski definition) is 4. The summed E-state index contributed by atoms with van der Waals surface area (Å²) in [6.07, 6.45) is 6.26. The van der Waals surface area contributed by atoms with Crippen molar-refractivity contribution in [2.75, 3.05) is 6.61 Å². The Balaban J connectivity index is 0.00000288. The molecule has 1 aliphatic heterocycles. The average molecular weight is 358 g/mol. The largest absolute Gasteiger partial charge is 0.395 e. The molecule has 0 aromatic heterocycles. The second kappa shape index (κ2) is 11.1. The summed E-state index contributed by atoms with van der Waals surface area (Å²) in [5.41, 5.74) is 2.72. The van der Waals surface area contributed by atoms with Gasteiger partial charge in [-0.2, -0.15) is 0 Å². The van der Waals surface area contributed by atoms with E-state index in [0.29, 0.717) is 0 Å². The fourth-order valence-electron chi connectivity index (χ4n) is 3.34. The number of rotatable bonds is 9. The summed E-state index contributed by atoms with van der Waals surface area (Å²) < 4.78 is 0. The molecule has 1 aromatic carbocycles. The van der Waals surface area contributed by atoms with Gasteiger partial charge in [0.1, 0.15) is 0 Å². The van der Waals surface area contributed by atoms with E-state index >= 15 is 0 Å². The Labute approximate surface area is 151 Å². The molecule has 0 spiro atoms. The third kappa shape index (κ3) is 6.34. The first-order valence-corrected chi connectivity index (χ1v) is 8.90. The van der Waals surface area contributed by atoms with E-state index in [-0.39, 0.29) is 31.1 Å². The number of aliphatic hydroxyl groups excluding tert-OH is 3. The number of aryl methyl sites for hydroxylation is 2. The van der Waals surface area contributed by atoms with Crippen molar-refractivity contribution < 1.29 is 15.3 Å². The van der Waals surface area contributed by atoms with Crippen molar-refractivity contribution in [1.29, 1.82) is 0 Å². The molecule has 2 rings (SSSR count). The molecule has 1 aliphatic rings. The monoisotopic (exact) mass is 357 g/mol. The second-order valence-electron chi connectivity index (χ2n) is 6.84. The first-order valence-electron chi connectivity index (χ1n) is 8.90. The molecule has 1 aromatic rings. The van der Waals surface area contributed by atoms with E-state index in [4.69, 9.17) is 5.11 Å². The van der Waals surface area contributed by atoms with Gasteiger partial charge in [0.25, 0.3) is 0 Å². The maximum absolute atomic E-state index is 9.92. The Kier molecular flexibility index (Phi) is 9.86. The fraction of sp³-hybridized carbons (Fsp3) is 0.684. The minimum Gasteiger partial charge on any atom is -0.395 e. The number of hydrogen-bond donors (Lipinski definition) is 4. The zero-order chi connectivity index (χ0) is 16.7. The van der Waals surface area contributed by atoms with E-state index in [9.17, 15) is 10.2 Å². The van der Waals surface area contributed by atoms with Crippen LogP contribution in [-0.2, 0) is 6.42 Å². The van der Waals surface area contributed by atoms with Crippen LogP contribution in [0.2, 0.25) is 0 Å². The second-order valence-corrected chi connectivity index (χ2v) is 6.84. The molecule has 4 nitrogen and oxygen atoms in total. The van der Waals surface area contributed by atoms with Crippen molar-refractivity contribution in [3.8, 4) is 0 Å². The Bertz CT molecular complexity index is 454. The minimum absolute atomic E-state index is 0. The van der Waals surface area contributed by atoms with Crippen LogP contribution in [0.25, 0.3) is 0 Å². The van der Waals surface area contributed by atoms with Crippen LogP contribution < -0.4 is 5.32 Å². The standard InChI is InChI=1S/C19H31NO3.ClH/c1-14-9-11-15(12-10-14)7-5-3-2-4-6-8-16-18(22)19(23)17(13-21)20-16;/h9-12,16-23H,2-8,13H2,1H3;1H/t16-,17-,18-,19-;/m1./s1.